The van der Waals surface area contributed by atoms with Crippen LogP contribution in [0.3, 0.4) is 0 Å². The smallest absolute Gasteiger partial charge is 0.248 e. The highest BCUT2D eigenvalue weighted by Gasteiger charge is 2.04. The molecule has 0 unspecified atom stereocenters. The molecule has 0 aliphatic heterocycles. The first-order valence-corrected chi connectivity index (χ1v) is 9.06. The van der Waals surface area contributed by atoms with Gasteiger partial charge in [0.15, 0.2) is 0 Å². The average molecular weight is 387 g/mol. The van der Waals surface area contributed by atoms with Gasteiger partial charge >= 0.3 is 0 Å². The predicted molar refractivity (Wildman–Crippen MR) is 110 cm³/mol. The molecule has 0 bridgehead atoms. The summed E-state index contributed by atoms with van der Waals surface area (Å²) in [6.07, 6.45) is 6.76. The lowest BCUT2D eigenvalue weighted by atomic mass is 10.2. The zero-order valence-corrected chi connectivity index (χ0v) is 15.5. The van der Waals surface area contributed by atoms with Crippen molar-refractivity contribution in [1.29, 1.82) is 0 Å². The highest BCUT2D eigenvalue weighted by atomic mass is 19.1. The van der Waals surface area contributed by atoms with Crippen LogP contribution < -0.4 is 10.1 Å². The molecule has 2 aromatic heterocycles. The Hall–Kier alpha value is -3.93. The van der Waals surface area contributed by atoms with Gasteiger partial charge in [-0.1, -0.05) is 24.3 Å². The van der Waals surface area contributed by atoms with E-state index in [0.717, 1.165) is 11.3 Å². The van der Waals surface area contributed by atoms with E-state index in [2.05, 4.69) is 10.3 Å². The van der Waals surface area contributed by atoms with Crippen molar-refractivity contribution >= 4 is 23.3 Å². The molecule has 0 aliphatic rings. The van der Waals surface area contributed by atoms with Gasteiger partial charge in [-0.2, -0.15) is 0 Å². The Bertz CT molecular complexity index is 1150. The van der Waals surface area contributed by atoms with E-state index in [9.17, 15) is 9.18 Å². The molecule has 0 atom stereocenters. The topological polar surface area (TPSA) is 55.6 Å². The van der Waals surface area contributed by atoms with Crippen molar-refractivity contribution in [3.63, 3.8) is 0 Å². The van der Waals surface area contributed by atoms with E-state index in [1.165, 1.54) is 18.2 Å². The van der Waals surface area contributed by atoms with E-state index < -0.39 is 0 Å². The first kappa shape index (κ1) is 18.4. The number of imidazole rings is 1. The molecule has 0 aliphatic carbocycles. The third-order valence-electron chi connectivity index (χ3n) is 4.18. The van der Waals surface area contributed by atoms with Crippen molar-refractivity contribution in [3.8, 4) is 5.75 Å². The molecule has 0 saturated carbocycles. The number of carbonyl (C=O) groups is 1. The number of anilines is 1. The van der Waals surface area contributed by atoms with Crippen LogP contribution in [0.2, 0.25) is 0 Å². The van der Waals surface area contributed by atoms with E-state index in [1.807, 2.05) is 41.1 Å². The lowest BCUT2D eigenvalue weighted by molar-refractivity contribution is -0.111. The van der Waals surface area contributed by atoms with E-state index in [1.54, 1.807) is 36.4 Å². The van der Waals surface area contributed by atoms with E-state index in [-0.39, 0.29) is 11.7 Å². The molecule has 2 heterocycles. The fraction of sp³-hybridized carbons (Fsp3) is 0.0435. The highest BCUT2D eigenvalue weighted by molar-refractivity contribution is 6.02. The number of pyridine rings is 1. The maximum Gasteiger partial charge on any atom is 0.248 e. The summed E-state index contributed by atoms with van der Waals surface area (Å²) in [5, 5.41) is 2.77. The standard InChI is InChI=1S/C23H18FN3O2/c24-18-6-3-5-17(13-18)10-11-23(28)26-19-7-4-8-21(14-19)29-16-20-15-27-12-2-1-9-22(27)25-20/h1-15H,16H2,(H,26,28)/b11-10+. The highest BCUT2D eigenvalue weighted by Crippen LogP contribution is 2.19. The SMILES string of the molecule is O=C(/C=C/c1cccc(F)c1)Nc1cccc(OCc2cn3ccccc3n2)c1. The lowest BCUT2D eigenvalue weighted by Crippen LogP contribution is -2.07. The molecule has 144 valence electrons. The minimum absolute atomic E-state index is 0.313. The van der Waals surface area contributed by atoms with Crippen molar-refractivity contribution in [3.05, 3.63) is 102 Å². The van der Waals surface area contributed by atoms with Crippen molar-refractivity contribution in [2.24, 2.45) is 0 Å². The van der Waals surface area contributed by atoms with Crippen molar-refractivity contribution in [2.75, 3.05) is 5.32 Å². The first-order chi connectivity index (χ1) is 14.2. The number of hydrogen-bond acceptors (Lipinski definition) is 3. The molecule has 4 aromatic rings. The number of halogens is 1. The average Bonchev–Trinajstić information content (AvgIpc) is 3.14. The molecular formula is C23H18FN3O2. The zero-order valence-electron chi connectivity index (χ0n) is 15.5. The van der Waals surface area contributed by atoms with E-state index in [4.69, 9.17) is 4.74 Å². The summed E-state index contributed by atoms with van der Waals surface area (Å²) in [7, 11) is 0. The molecule has 6 heteroatoms. The fourth-order valence-corrected chi connectivity index (χ4v) is 2.84. The van der Waals surface area contributed by atoms with Crippen LogP contribution in [-0.4, -0.2) is 15.3 Å². The molecule has 5 nitrogen and oxygen atoms in total. The van der Waals surface area contributed by atoms with Gasteiger partial charge in [-0.3, -0.25) is 4.79 Å². The quantitative estimate of drug-likeness (QED) is 0.488. The molecule has 29 heavy (non-hydrogen) atoms. The van der Waals surface area contributed by atoms with Crippen molar-refractivity contribution in [2.45, 2.75) is 6.61 Å². The molecule has 2 aromatic carbocycles. The fourth-order valence-electron chi connectivity index (χ4n) is 2.84. The third kappa shape index (κ3) is 4.87. The monoisotopic (exact) mass is 387 g/mol. The minimum Gasteiger partial charge on any atom is -0.487 e. The number of rotatable bonds is 6. The largest absolute Gasteiger partial charge is 0.487 e. The molecule has 0 saturated heterocycles. The number of fused-ring (bicyclic) bond motifs is 1. The Morgan fingerprint density at radius 3 is 2.86 bits per heavy atom. The summed E-state index contributed by atoms with van der Waals surface area (Å²) in [6.45, 7) is 0.318. The molecule has 0 fully saturated rings. The van der Waals surface area contributed by atoms with Gasteiger partial charge < -0.3 is 14.5 Å². The van der Waals surface area contributed by atoms with Gasteiger partial charge in [-0.05, 0) is 48.0 Å². The van der Waals surface area contributed by atoms with Gasteiger partial charge in [-0.15, -0.1) is 0 Å². The van der Waals surface area contributed by atoms with Gasteiger partial charge in [0, 0.05) is 30.2 Å². The van der Waals surface area contributed by atoms with Gasteiger partial charge in [0.2, 0.25) is 5.91 Å². The van der Waals surface area contributed by atoms with Gasteiger partial charge in [0.1, 0.15) is 23.8 Å². The predicted octanol–water partition coefficient (Wildman–Crippen LogP) is 4.70. The maximum atomic E-state index is 13.2. The first-order valence-electron chi connectivity index (χ1n) is 9.06. The van der Waals surface area contributed by atoms with Crippen LogP contribution in [0.1, 0.15) is 11.3 Å². The van der Waals surface area contributed by atoms with Crippen LogP contribution in [0, 0.1) is 5.82 Å². The summed E-state index contributed by atoms with van der Waals surface area (Å²) in [4.78, 5) is 16.6. The Balaban J connectivity index is 1.37. The molecule has 0 radical (unpaired) electrons. The number of nitrogens with zero attached hydrogens (tertiary/aromatic N) is 2. The van der Waals surface area contributed by atoms with E-state index >= 15 is 0 Å². The number of benzene rings is 2. The Morgan fingerprint density at radius 2 is 2.00 bits per heavy atom. The van der Waals surface area contributed by atoms with Gasteiger partial charge in [0.25, 0.3) is 0 Å². The zero-order chi connectivity index (χ0) is 20.1. The number of carbonyl (C=O) groups excluding carboxylic acids is 1. The summed E-state index contributed by atoms with van der Waals surface area (Å²) in [5.41, 5.74) is 2.89. The van der Waals surface area contributed by atoms with Crippen LogP contribution in [-0.2, 0) is 11.4 Å². The Labute approximate surface area is 167 Å². The third-order valence-corrected chi connectivity index (χ3v) is 4.18. The summed E-state index contributed by atoms with van der Waals surface area (Å²) in [6, 6.07) is 19.0. The van der Waals surface area contributed by atoms with Crippen molar-refractivity contribution in [1.82, 2.24) is 9.38 Å². The Kier molecular flexibility index (Phi) is 5.33. The number of hydrogen-bond donors (Lipinski definition) is 1. The van der Waals surface area contributed by atoms with E-state index in [0.29, 0.717) is 23.6 Å². The second-order valence-corrected chi connectivity index (χ2v) is 6.39. The second-order valence-electron chi connectivity index (χ2n) is 6.39. The molecular weight excluding hydrogens is 369 g/mol. The minimum atomic E-state index is -0.344. The van der Waals surface area contributed by atoms with Crippen LogP contribution in [0.25, 0.3) is 11.7 Å². The molecule has 0 spiro atoms. The molecule has 1 amide bonds. The Morgan fingerprint density at radius 1 is 1.10 bits per heavy atom. The number of ether oxygens (including phenoxy) is 1. The maximum absolute atomic E-state index is 13.2. The number of aromatic nitrogens is 2. The van der Waals surface area contributed by atoms with Crippen molar-refractivity contribution < 1.29 is 13.9 Å². The van der Waals surface area contributed by atoms with Gasteiger partial charge in [0.05, 0.1) is 5.69 Å². The molecule has 4 rings (SSSR count). The molecule has 1 N–H and O–H groups in total. The van der Waals surface area contributed by atoms with Gasteiger partial charge in [-0.25, -0.2) is 9.37 Å². The second kappa shape index (κ2) is 8.39. The number of nitrogens with one attached hydrogen (secondary N) is 1. The van der Waals surface area contributed by atoms with Crippen LogP contribution in [0.5, 0.6) is 5.75 Å². The lowest BCUT2D eigenvalue weighted by Gasteiger charge is -2.07. The van der Waals surface area contributed by atoms with Crippen LogP contribution in [0.15, 0.2) is 85.2 Å². The summed E-state index contributed by atoms with van der Waals surface area (Å²) < 4.78 is 20.9. The summed E-state index contributed by atoms with van der Waals surface area (Å²) in [5.74, 6) is -0.0382. The number of amides is 1. The van der Waals surface area contributed by atoms with Crippen LogP contribution in [0.4, 0.5) is 10.1 Å². The normalized spacial score (nSPS) is 11.1. The van der Waals surface area contributed by atoms with Crippen LogP contribution >= 0.6 is 0 Å². The summed E-state index contributed by atoms with van der Waals surface area (Å²) >= 11 is 0.